The van der Waals surface area contributed by atoms with Gasteiger partial charge >= 0.3 is 0 Å². The number of hydrogen-bond acceptors (Lipinski definition) is 4. The first-order valence-electron chi connectivity index (χ1n) is 9.05. The van der Waals surface area contributed by atoms with Crippen LogP contribution in [-0.2, 0) is 4.79 Å². The lowest BCUT2D eigenvalue weighted by atomic mass is 10.1. The van der Waals surface area contributed by atoms with E-state index in [4.69, 9.17) is 4.74 Å². The Morgan fingerprint density at radius 2 is 2.04 bits per heavy atom. The van der Waals surface area contributed by atoms with Crippen molar-refractivity contribution in [3.05, 3.63) is 72.3 Å². The number of hydrogen-bond donors (Lipinski definition) is 1. The molecule has 1 aromatic heterocycles. The zero-order valence-electron chi connectivity index (χ0n) is 15.6. The molecule has 0 saturated carbocycles. The quantitative estimate of drug-likeness (QED) is 0.620. The predicted molar refractivity (Wildman–Crippen MR) is 104 cm³/mol. The van der Waals surface area contributed by atoms with E-state index in [9.17, 15) is 4.79 Å². The molecule has 0 saturated heterocycles. The molecule has 6 nitrogen and oxygen atoms in total. The van der Waals surface area contributed by atoms with Crippen LogP contribution in [0.2, 0.25) is 0 Å². The summed E-state index contributed by atoms with van der Waals surface area (Å²) in [5, 5.41) is 7.13. The van der Waals surface area contributed by atoms with Crippen molar-refractivity contribution in [3.63, 3.8) is 0 Å². The van der Waals surface area contributed by atoms with Crippen LogP contribution in [0.15, 0.2) is 61.2 Å². The SMILES string of the molecule is Cc1cccc(OCCCC(=O)NC(C)c2ccc(-n3cncn3)cc2)c1. The van der Waals surface area contributed by atoms with E-state index in [1.165, 1.54) is 6.33 Å². The van der Waals surface area contributed by atoms with Gasteiger partial charge in [-0.15, -0.1) is 0 Å². The molecule has 0 aliphatic rings. The predicted octanol–water partition coefficient (Wildman–Crippen LogP) is 3.61. The molecule has 1 unspecified atom stereocenters. The van der Waals surface area contributed by atoms with E-state index in [0.29, 0.717) is 19.4 Å². The molecular formula is C21H24N4O2. The molecule has 3 aromatic rings. The van der Waals surface area contributed by atoms with Gasteiger partial charge in [-0.3, -0.25) is 4.79 Å². The Morgan fingerprint density at radius 1 is 1.22 bits per heavy atom. The normalized spacial score (nSPS) is 11.8. The monoisotopic (exact) mass is 364 g/mol. The zero-order valence-corrected chi connectivity index (χ0v) is 15.6. The Bertz CT molecular complexity index is 860. The van der Waals surface area contributed by atoms with Crippen LogP contribution in [-0.4, -0.2) is 27.3 Å². The van der Waals surface area contributed by atoms with E-state index in [0.717, 1.165) is 22.6 Å². The second-order valence-electron chi connectivity index (χ2n) is 6.49. The lowest BCUT2D eigenvalue weighted by molar-refractivity contribution is -0.121. The highest BCUT2D eigenvalue weighted by Crippen LogP contribution is 2.16. The number of ether oxygens (including phenoxy) is 1. The van der Waals surface area contributed by atoms with Crippen molar-refractivity contribution in [1.82, 2.24) is 20.1 Å². The van der Waals surface area contributed by atoms with Crippen LogP contribution in [0.1, 0.15) is 36.9 Å². The summed E-state index contributed by atoms with van der Waals surface area (Å²) in [6, 6.07) is 15.8. The summed E-state index contributed by atoms with van der Waals surface area (Å²) < 4.78 is 7.38. The summed E-state index contributed by atoms with van der Waals surface area (Å²) in [5.41, 5.74) is 3.14. The summed E-state index contributed by atoms with van der Waals surface area (Å²) in [6.45, 7) is 4.53. The molecule has 1 heterocycles. The molecule has 1 N–H and O–H groups in total. The molecule has 6 heteroatoms. The van der Waals surface area contributed by atoms with Crippen LogP contribution in [0.3, 0.4) is 0 Å². The fourth-order valence-electron chi connectivity index (χ4n) is 2.78. The van der Waals surface area contributed by atoms with Gasteiger partial charge in [0.15, 0.2) is 0 Å². The first-order valence-corrected chi connectivity index (χ1v) is 9.05. The van der Waals surface area contributed by atoms with Gasteiger partial charge < -0.3 is 10.1 Å². The van der Waals surface area contributed by atoms with Crippen LogP contribution in [0.5, 0.6) is 5.75 Å². The number of carbonyl (C=O) groups is 1. The largest absolute Gasteiger partial charge is 0.494 e. The van der Waals surface area contributed by atoms with Crippen molar-refractivity contribution < 1.29 is 9.53 Å². The van der Waals surface area contributed by atoms with E-state index >= 15 is 0 Å². The Kier molecular flexibility index (Phi) is 6.20. The number of rotatable bonds is 8. The van der Waals surface area contributed by atoms with Gasteiger partial charge in [-0.05, 0) is 55.7 Å². The molecule has 0 radical (unpaired) electrons. The van der Waals surface area contributed by atoms with E-state index in [-0.39, 0.29) is 11.9 Å². The maximum Gasteiger partial charge on any atom is 0.220 e. The summed E-state index contributed by atoms with van der Waals surface area (Å²) in [5.74, 6) is 0.868. The van der Waals surface area contributed by atoms with Crippen LogP contribution >= 0.6 is 0 Å². The van der Waals surface area contributed by atoms with Crippen molar-refractivity contribution in [2.45, 2.75) is 32.7 Å². The molecule has 2 aromatic carbocycles. The van der Waals surface area contributed by atoms with Gasteiger partial charge in [-0.2, -0.15) is 5.10 Å². The summed E-state index contributed by atoms with van der Waals surface area (Å²) in [7, 11) is 0. The fraction of sp³-hybridized carbons (Fsp3) is 0.286. The molecule has 0 aliphatic carbocycles. The average Bonchev–Trinajstić information content (AvgIpc) is 3.20. The van der Waals surface area contributed by atoms with Gasteiger partial charge in [0, 0.05) is 6.42 Å². The third kappa shape index (κ3) is 5.41. The van der Waals surface area contributed by atoms with E-state index in [1.54, 1.807) is 11.0 Å². The second kappa shape index (κ2) is 8.98. The maximum atomic E-state index is 12.2. The smallest absolute Gasteiger partial charge is 0.220 e. The number of benzene rings is 2. The van der Waals surface area contributed by atoms with E-state index in [1.807, 2.05) is 62.4 Å². The second-order valence-corrected chi connectivity index (χ2v) is 6.49. The van der Waals surface area contributed by atoms with Crippen LogP contribution < -0.4 is 10.1 Å². The lowest BCUT2D eigenvalue weighted by Gasteiger charge is -2.15. The molecule has 0 bridgehead atoms. The summed E-state index contributed by atoms with van der Waals surface area (Å²) in [6.07, 6.45) is 4.27. The zero-order chi connectivity index (χ0) is 19.1. The topological polar surface area (TPSA) is 69.0 Å². The number of carbonyl (C=O) groups excluding carboxylic acids is 1. The Hall–Kier alpha value is -3.15. The Balaban J connectivity index is 1.42. The molecular weight excluding hydrogens is 340 g/mol. The van der Waals surface area contributed by atoms with Crippen molar-refractivity contribution in [1.29, 1.82) is 0 Å². The third-order valence-corrected chi connectivity index (χ3v) is 4.26. The van der Waals surface area contributed by atoms with E-state index < -0.39 is 0 Å². The van der Waals surface area contributed by atoms with Gasteiger partial charge in [0.1, 0.15) is 18.4 Å². The van der Waals surface area contributed by atoms with Gasteiger partial charge in [0.25, 0.3) is 0 Å². The van der Waals surface area contributed by atoms with Crippen molar-refractivity contribution >= 4 is 5.91 Å². The van der Waals surface area contributed by atoms with Gasteiger partial charge in [-0.25, -0.2) is 9.67 Å². The standard InChI is InChI=1S/C21H24N4O2/c1-16-5-3-6-20(13-16)27-12-4-7-21(26)24-17(2)18-8-10-19(11-9-18)25-15-22-14-23-25/h3,5-6,8-11,13-15,17H,4,7,12H2,1-2H3,(H,24,26). The van der Waals surface area contributed by atoms with Gasteiger partial charge in [0.2, 0.25) is 5.91 Å². The summed E-state index contributed by atoms with van der Waals surface area (Å²) in [4.78, 5) is 16.1. The highest BCUT2D eigenvalue weighted by Gasteiger charge is 2.10. The van der Waals surface area contributed by atoms with Crippen molar-refractivity contribution in [2.24, 2.45) is 0 Å². The van der Waals surface area contributed by atoms with Crippen molar-refractivity contribution in [3.8, 4) is 11.4 Å². The molecule has 3 rings (SSSR count). The number of aryl methyl sites for hydroxylation is 1. The van der Waals surface area contributed by atoms with Crippen LogP contribution in [0.25, 0.3) is 5.69 Å². The first-order chi connectivity index (χ1) is 13.1. The highest BCUT2D eigenvalue weighted by atomic mass is 16.5. The van der Waals surface area contributed by atoms with Crippen molar-refractivity contribution in [2.75, 3.05) is 6.61 Å². The highest BCUT2D eigenvalue weighted by molar-refractivity contribution is 5.76. The number of amides is 1. The molecule has 1 atom stereocenters. The molecule has 27 heavy (non-hydrogen) atoms. The Labute approximate surface area is 159 Å². The molecule has 0 aliphatic heterocycles. The third-order valence-electron chi connectivity index (χ3n) is 4.26. The van der Waals surface area contributed by atoms with Gasteiger partial charge in [-0.1, -0.05) is 24.3 Å². The molecule has 1 amide bonds. The van der Waals surface area contributed by atoms with Crippen LogP contribution in [0, 0.1) is 6.92 Å². The minimum Gasteiger partial charge on any atom is -0.494 e. The first kappa shape index (κ1) is 18.6. The molecule has 0 fully saturated rings. The fourth-order valence-corrected chi connectivity index (χ4v) is 2.78. The summed E-state index contributed by atoms with van der Waals surface area (Å²) >= 11 is 0. The van der Waals surface area contributed by atoms with Crippen LogP contribution in [0.4, 0.5) is 0 Å². The average molecular weight is 364 g/mol. The maximum absolute atomic E-state index is 12.2. The lowest BCUT2D eigenvalue weighted by Crippen LogP contribution is -2.26. The van der Waals surface area contributed by atoms with E-state index in [2.05, 4.69) is 15.4 Å². The number of nitrogens with one attached hydrogen (secondary N) is 1. The minimum atomic E-state index is -0.0556. The van der Waals surface area contributed by atoms with Gasteiger partial charge in [0.05, 0.1) is 18.3 Å². The Morgan fingerprint density at radius 3 is 2.74 bits per heavy atom. The number of nitrogens with zero attached hydrogens (tertiary/aromatic N) is 3. The number of aromatic nitrogens is 3. The molecule has 140 valence electrons. The minimum absolute atomic E-state index is 0.0238. The molecule has 0 spiro atoms.